The molecule has 2 rings (SSSR count). The Labute approximate surface area is 99.3 Å². The van der Waals surface area contributed by atoms with E-state index in [1.165, 1.54) is 55.5 Å². The Morgan fingerprint density at radius 3 is 2.81 bits per heavy atom. The summed E-state index contributed by atoms with van der Waals surface area (Å²) in [6, 6.07) is 6.90. The summed E-state index contributed by atoms with van der Waals surface area (Å²) in [5.74, 6) is 0.898. The molecule has 1 aromatic carbocycles. The van der Waals surface area contributed by atoms with Gasteiger partial charge in [-0.2, -0.15) is 0 Å². The van der Waals surface area contributed by atoms with Crippen LogP contribution in [0.1, 0.15) is 36.0 Å². The van der Waals surface area contributed by atoms with Crippen molar-refractivity contribution in [2.24, 2.45) is 5.92 Å². The molecule has 0 aromatic heterocycles. The third-order valence-corrected chi connectivity index (χ3v) is 3.81. The van der Waals surface area contributed by atoms with E-state index >= 15 is 0 Å². The second kappa shape index (κ2) is 5.49. The molecule has 1 heterocycles. The second-order valence-corrected chi connectivity index (χ2v) is 5.17. The van der Waals surface area contributed by atoms with E-state index < -0.39 is 0 Å². The van der Waals surface area contributed by atoms with Gasteiger partial charge in [-0.3, -0.25) is 0 Å². The lowest BCUT2D eigenvalue weighted by Gasteiger charge is -2.22. The van der Waals surface area contributed by atoms with Crippen molar-refractivity contribution < 1.29 is 0 Å². The van der Waals surface area contributed by atoms with Crippen LogP contribution >= 0.6 is 0 Å². The van der Waals surface area contributed by atoms with Crippen LogP contribution in [0.3, 0.4) is 0 Å². The fraction of sp³-hybridized carbons (Fsp3) is 0.600. The van der Waals surface area contributed by atoms with Gasteiger partial charge in [0.2, 0.25) is 0 Å². The fourth-order valence-corrected chi connectivity index (χ4v) is 2.50. The summed E-state index contributed by atoms with van der Waals surface area (Å²) in [6.07, 6.45) is 5.36. The van der Waals surface area contributed by atoms with Crippen LogP contribution in [0.2, 0.25) is 0 Å². The maximum Gasteiger partial charge on any atom is -0.00204 e. The normalized spacial score (nSPS) is 21.0. The first kappa shape index (κ1) is 11.7. The Morgan fingerprint density at radius 2 is 2.12 bits per heavy atom. The molecule has 1 N–H and O–H groups in total. The first-order valence-corrected chi connectivity index (χ1v) is 6.52. The van der Waals surface area contributed by atoms with E-state index in [4.69, 9.17) is 0 Å². The monoisotopic (exact) mass is 217 g/mol. The number of benzene rings is 1. The molecule has 0 spiro atoms. The third kappa shape index (κ3) is 3.08. The lowest BCUT2D eigenvalue weighted by atomic mass is 9.92. The molecular formula is C15H23N. The molecule has 1 saturated heterocycles. The first-order chi connectivity index (χ1) is 7.75. The van der Waals surface area contributed by atoms with Crippen molar-refractivity contribution in [3.8, 4) is 0 Å². The number of hydrogen-bond acceptors (Lipinski definition) is 1. The zero-order chi connectivity index (χ0) is 11.4. The van der Waals surface area contributed by atoms with Gasteiger partial charge in [-0.1, -0.05) is 18.2 Å². The molecule has 1 atom stereocenters. The van der Waals surface area contributed by atoms with Crippen LogP contribution < -0.4 is 5.32 Å². The summed E-state index contributed by atoms with van der Waals surface area (Å²) < 4.78 is 0. The van der Waals surface area contributed by atoms with E-state index in [0.717, 1.165) is 5.92 Å². The van der Waals surface area contributed by atoms with Crippen LogP contribution in [-0.4, -0.2) is 13.1 Å². The Bertz CT molecular complexity index is 337. The van der Waals surface area contributed by atoms with Crippen molar-refractivity contribution in [3.63, 3.8) is 0 Å². The Balaban J connectivity index is 1.86. The van der Waals surface area contributed by atoms with Gasteiger partial charge in [0.05, 0.1) is 0 Å². The van der Waals surface area contributed by atoms with Gasteiger partial charge in [0.15, 0.2) is 0 Å². The number of aryl methyl sites for hydroxylation is 3. The standard InChI is InChI=1S/C15H23N/c1-12-5-6-14(10-13(12)2)7-8-15-4-3-9-16-11-15/h5-6,10,15-16H,3-4,7-9,11H2,1-2H3. The van der Waals surface area contributed by atoms with Crippen molar-refractivity contribution in [1.29, 1.82) is 0 Å². The van der Waals surface area contributed by atoms with Gasteiger partial charge in [-0.15, -0.1) is 0 Å². The molecule has 1 fully saturated rings. The van der Waals surface area contributed by atoms with Crippen LogP contribution in [0.15, 0.2) is 18.2 Å². The molecule has 1 nitrogen and oxygen atoms in total. The highest BCUT2D eigenvalue weighted by Gasteiger charge is 2.12. The van der Waals surface area contributed by atoms with Crippen LogP contribution in [-0.2, 0) is 6.42 Å². The molecule has 0 aliphatic carbocycles. The van der Waals surface area contributed by atoms with Crippen LogP contribution in [0.25, 0.3) is 0 Å². The summed E-state index contributed by atoms with van der Waals surface area (Å²) in [5.41, 5.74) is 4.34. The molecule has 88 valence electrons. The molecule has 0 amide bonds. The van der Waals surface area contributed by atoms with Crippen molar-refractivity contribution in [2.45, 2.75) is 39.5 Å². The van der Waals surface area contributed by atoms with Gasteiger partial charge >= 0.3 is 0 Å². The summed E-state index contributed by atoms with van der Waals surface area (Å²) in [6.45, 7) is 6.84. The molecule has 16 heavy (non-hydrogen) atoms. The summed E-state index contributed by atoms with van der Waals surface area (Å²) in [5, 5.41) is 3.49. The molecule has 1 aliphatic heterocycles. The SMILES string of the molecule is Cc1ccc(CCC2CCCNC2)cc1C. The maximum absolute atomic E-state index is 3.49. The van der Waals surface area contributed by atoms with Gasteiger partial charge in [0.1, 0.15) is 0 Å². The molecule has 1 aliphatic rings. The minimum atomic E-state index is 0.898. The number of hydrogen-bond donors (Lipinski definition) is 1. The molecular weight excluding hydrogens is 194 g/mol. The molecule has 1 unspecified atom stereocenters. The Morgan fingerprint density at radius 1 is 1.25 bits per heavy atom. The average Bonchev–Trinajstić information content (AvgIpc) is 2.32. The maximum atomic E-state index is 3.49. The van der Waals surface area contributed by atoms with Crippen LogP contribution in [0, 0.1) is 19.8 Å². The number of nitrogens with one attached hydrogen (secondary N) is 1. The zero-order valence-electron chi connectivity index (χ0n) is 10.6. The lowest BCUT2D eigenvalue weighted by molar-refractivity contribution is 0.358. The highest BCUT2D eigenvalue weighted by Crippen LogP contribution is 2.18. The third-order valence-electron chi connectivity index (χ3n) is 3.81. The van der Waals surface area contributed by atoms with E-state index in [0.29, 0.717) is 0 Å². The van der Waals surface area contributed by atoms with Crippen LogP contribution in [0.4, 0.5) is 0 Å². The lowest BCUT2D eigenvalue weighted by Crippen LogP contribution is -2.29. The smallest absolute Gasteiger partial charge is 0.00204 e. The number of rotatable bonds is 3. The van der Waals surface area contributed by atoms with Gasteiger partial charge in [-0.05, 0) is 75.2 Å². The molecule has 0 radical (unpaired) electrons. The summed E-state index contributed by atoms with van der Waals surface area (Å²) in [4.78, 5) is 0. The quantitative estimate of drug-likeness (QED) is 0.819. The van der Waals surface area contributed by atoms with E-state index in [1.807, 2.05) is 0 Å². The van der Waals surface area contributed by atoms with Crippen molar-refractivity contribution in [2.75, 3.05) is 13.1 Å². The predicted octanol–water partition coefficient (Wildman–Crippen LogP) is 3.24. The molecule has 1 aromatic rings. The van der Waals surface area contributed by atoms with Crippen molar-refractivity contribution in [3.05, 3.63) is 34.9 Å². The highest BCUT2D eigenvalue weighted by atomic mass is 14.9. The molecule has 0 saturated carbocycles. The second-order valence-electron chi connectivity index (χ2n) is 5.17. The van der Waals surface area contributed by atoms with Crippen molar-refractivity contribution >= 4 is 0 Å². The van der Waals surface area contributed by atoms with Crippen molar-refractivity contribution in [1.82, 2.24) is 5.32 Å². The topological polar surface area (TPSA) is 12.0 Å². The molecule has 1 heteroatoms. The Kier molecular flexibility index (Phi) is 4.00. The predicted molar refractivity (Wildman–Crippen MR) is 69.8 cm³/mol. The fourth-order valence-electron chi connectivity index (χ4n) is 2.50. The summed E-state index contributed by atoms with van der Waals surface area (Å²) >= 11 is 0. The first-order valence-electron chi connectivity index (χ1n) is 6.52. The van der Waals surface area contributed by atoms with Gasteiger partial charge in [0.25, 0.3) is 0 Å². The zero-order valence-corrected chi connectivity index (χ0v) is 10.6. The van der Waals surface area contributed by atoms with Crippen LogP contribution in [0.5, 0.6) is 0 Å². The van der Waals surface area contributed by atoms with E-state index in [2.05, 4.69) is 37.4 Å². The van der Waals surface area contributed by atoms with Gasteiger partial charge < -0.3 is 5.32 Å². The highest BCUT2D eigenvalue weighted by molar-refractivity contribution is 5.29. The van der Waals surface area contributed by atoms with Gasteiger partial charge in [0, 0.05) is 0 Å². The largest absolute Gasteiger partial charge is 0.316 e. The molecule has 0 bridgehead atoms. The van der Waals surface area contributed by atoms with E-state index in [1.54, 1.807) is 0 Å². The minimum absolute atomic E-state index is 0.898. The Hall–Kier alpha value is -0.820. The average molecular weight is 217 g/mol. The van der Waals surface area contributed by atoms with E-state index in [-0.39, 0.29) is 0 Å². The number of piperidine rings is 1. The summed E-state index contributed by atoms with van der Waals surface area (Å²) in [7, 11) is 0. The minimum Gasteiger partial charge on any atom is -0.316 e. The van der Waals surface area contributed by atoms with E-state index in [9.17, 15) is 0 Å². The van der Waals surface area contributed by atoms with Gasteiger partial charge in [-0.25, -0.2) is 0 Å².